The minimum absolute atomic E-state index is 0.0174. The summed E-state index contributed by atoms with van der Waals surface area (Å²) in [6.45, 7) is 0. The number of aromatic nitrogens is 2. The molecule has 4 rings (SSSR count). The molecule has 6 nitrogen and oxygen atoms in total. The van der Waals surface area contributed by atoms with Crippen molar-refractivity contribution in [3.05, 3.63) is 102 Å². The highest BCUT2D eigenvalue weighted by Crippen LogP contribution is 2.26. The van der Waals surface area contributed by atoms with E-state index in [0.717, 1.165) is 16.8 Å². The lowest BCUT2D eigenvalue weighted by molar-refractivity contribution is 0.0698. The van der Waals surface area contributed by atoms with Gasteiger partial charge in [0, 0.05) is 0 Å². The summed E-state index contributed by atoms with van der Waals surface area (Å²) >= 11 is 0. The predicted octanol–water partition coefficient (Wildman–Crippen LogP) is 4.49. The SMILES string of the molecule is O=C(O)c1ccc(-c2ccccc2)cc1NC(=O)c1ccnn1-c1ccccc1. The van der Waals surface area contributed by atoms with Gasteiger partial charge in [0.25, 0.3) is 5.91 Å². The van der Waals surface area contributed by atoms with Crippen LogP contribution in [0.1, 0.15) is 20.8 Å². The lowest BCUT2D eigenvalue weighted by Crippen LogP contribution is -2.18. The van der Waals surface area contributed by atoms with Gasteiger partial charge in [-0.3, -0.25) is 4.79 Å². The zero-order valence-electron chi connectivity index (χ0n) is 15.3. The summed E-state index contributed by atoms with van der Waals surface area (Å²) in [7, 11) is 0. The Morgan fingerprint density at radius 3 is 2.21 bits per heavy atom. The number of amides is 1. The summed E-state index contributed by atoms with van der Waals surface area (Å²) in [4.78, 5) is 24.6. The number of hydrogen-bond acceptors (Lipinski definition) is 3. The minimum Gasteiger partial charge on any atom is -0.478 e. The van der Waals surface area contributed by atoms with Crippen molar-refractivity contribution < 1.29 is 14.7 Å². The topological polar surface area (TPSA) is 84.2 Å². The number of benzene rings is 3. The van der Waals surface area contributed by atoms with E-state index >= 15 is 0 Å². The first-order chi connectivity index (χ1) is 14.1. The van der Waals surface area contributed by atoms with Crippen LogP contribution in [0.15, 0.2) is 91.1 Å². The summed E-state index contributed by atoms with van der Waals surface area (Å²) in [6, 6.07) is 25.3. The molecule has 142 valence electrons. The molecule has 0 aliphatic heterocycles. The second kappa shape index (κ2) is 7.82. The van der Waals surface area contributed by atoms with Crippen LogP contribution >= 0.6 is 0 Å². The van der Waals surface area contributed by atoms with Crippen LogP contribution in [0.25, 0.3) is 16.8 Å². The van der Waals surface area contributed by atoms with Gasteiger partial charge in [-0.25, -0.2) is 9.48 Å². The maximum Gasteiger partial charge on any atom is 0.337 e. The van der Waals surface area contributed by atoms with Crippen LogP contribution in [0, 0.1) is 0 Å². The van der Waals surface area contributed by atoms with Crippen molar-refractivity contribution in [2.24, 2.45) is 0 Å². The first kappa shape index (κ1) is 18.2. The van der Waals surface area contributed by atoms with Crippen molar-refractivity contribution in [1.29, 1.82) is 0 Å². The van der Waals surface area contributed by atoms with Gasteiger partial charge >= 0.3 is 5.97 Å². The third kappa shape index (κ3) is 3.77. The van der Waals surface area contributed by atoms with Gasteiger partial charge in [0.2, 0.25) is 0 Å². The molecule has 3 aromatic carbocycles. The fraction of sp³-hybridized carbons (Fsp3) is 0. The fourth-order valence-corrected chi connectivity index (χ4v) is 3.08. The van der Waals surface area contributed by atoms with Gasteiger partial charge in [0.1, 0.15) is 5.69 Å². The second-order valence-electron chi connectivity index (χ2n) is 6.35. The molecule has 2 N–H and O–H groups in total. The molecule has 1 amide bonds. The number of carboxylic acids is 1. The standard InChI is InChI=1S/C23H17N3O3/c27-22(21-13-14-24-26(21)18-9-5-2-6-10-18)25-20-15-17(11-12-19(20)23(28)29)16-7-3-1-4-8-16/h1-15H,(H,25,27)(H,28,29). The molecular formula is C23H17N3O3. The van der Waals surface area contributed by atoms with Crippen LogP contribution < -0.4 is 5.32 Å². The molecule has 1 heterocycles. The Hall–Kier alpha value is -4.19. The average molecular weight is 383 g/mol. The molecule has 0 aliphatic rings. The maximum atomic E-state index is 12.9. The van der Waals surface area contributed by atoms with E-state index < -0.39 is 11.9 Å². The molecule has 0 unspecified atom stereocenters. The van der Waals surface area contributed by atoms with Crippen molar-refractivity contribution >= 4 is 17.6 Å². The molecule has 4 aromatic rings. The number of carboxylic acid groups (broad SMARTS) is 1. The first-order valence-corrected chi connectivity index (χ1v) is 8.97. The summed E-state index contributed by atoms with van der Waals surface area (Å²) in [5, 5.41) is 16.5. The lowest BCUT2D eigenvalue weighted by atomic mass is 10.0. The minimum atomic E-state index is -1.11. The number of anilines is 1. The molecule has 6 heteroatoms. The molecule has 0 atom stereocenters. The highest BCUT2D eigenvalue weighted by atomic mass is 16.4. The zero-order valence-corrected chi connectivity index (χ0v) is 15.3. The third-order valence-corrected chi connectivity index (χ3v) is 4.48. The molecular weight excluding hydrogens is 366 g/mol. The average Bonchev–Trinajstić information content (AvgIpc) is 3.25. The van der Waals surface area contributed by atoms with E-state index in [1.165, 1.54) is 16.9 Å². The number of nitrogens with zero attached hydrogens (tertiary/aromatic N) is 2. The third-order valence-electron chi connectivity index (χ3n) is 4.48. The Balaban J connectivity index is 1.70. The number of hydrogen-bond donors (Lipinski definition) is 2. The van der Waals surface area contributed by atoms with Gasteiger partial charge in [0.15, 0.2) is 0 Å². The van der Waals surface area contributed by atoms with Crippen molar-refractivity contribution in [2.75, 3.05) is 5.32 Å². The van der Waals surface area contributed by atoms with E-state index in [0.29, 0.717) is 5.69 Å². The van der Waals surface area contributed by atoms with Crippen LogP contribution in [0.4, 0.5) is 5.69 Å². The fourth-order valence-electron chi connectivity index (χ4n) is 3.08. The van der Waals surface area contributed by atoms with Crippen molar-refractivity contribution in [3.8, 4) is 16.8 Å². The summed E-state index contributed by atoms with van der Waals surface area (Å²) in [5.74, 6) is -1.56. The highest BCUT2D eigenvalue weighted by Gasteiger charge is 2.18. The van der Waals surface area contributed by atoms with E-state index in [1.54, 1.807) is 18.2 Å². The predicted molar refractivity (Wildman–Crippen MR) is 110 cm³/mol. The Labute approximate surface area is 167 Å². The Morgan fingerprint density at radius 1 is 0.828 bits per heavy atom. The number of carbonyl (C=O) groups is 2. The van der Waals surface area contributed by atoms with Gasteiger partial charge in [-0.05, 0) is 41.5 Å². The Bertz CT molecular complexity index is 1170. The van der Waals surface area contributed by atoms with Gasteiger partial charge in [-0.15, -0.1) is 0 Å². The molecule has 0 bridgehead atoms. The van der Waals surface area contributed by atoms with Crippen molar-refractivity contribution in [1.82, 2.24) is 9.78 Å². The monoisotopic (exact) mass is 383 g/mol. The normalized spacial score (nSPS) is 10.5. The number of aromatic carboxylic acids is 1. The lowest BCUT2D eigenvalue weighted by Gasteiger charge is -2.12. The largest absolute Gasteiger partial charge is 0.478 e. The van der Waals surface area contributed by atoms with Crippen LogP contribution in [-0.4, -0.2) is 26.8 Å². The Kier molecular flexibility index (Phi) is 4.90. The summed E-state index contributed by atoms with van der Waals surface area (Å²) in [5.41, 5.74) is 3.02. The summed E-state index contributed by atoms with van der Waals surface area (Å²) < 4.78 is 1.51. The molecule has 0 radical (unpaired) electrons. The van der Waals surface area contributed by atoms with Crippen LogP contribution in [0.5, 0.6) is 0 Å². The van der Waals surface area contributed by atoms with Gasteiger partial charge in [0.05, 0.1) is 23.1 Å². The molecule has 1 aromatic heterocycles. The number of rotatable bonds is 5. The molecule has 0 spiro atoms. The maximum absolute atomic E-state index is 12.9. The van der Waals surface area contributed by atoms with Crippen LogP contribution in [0.2, 0.25) is 0 Å². The number of carbonyl (C=O) groups excluding carboxylic acids is 1. The molecule has 0 saturated carbocycles. The van der Waals surface area contributed by atoms with E-state index in [9.17, 15) is 14.7 Å². The van der Waals surface area contributed by atoms with E-state index in [4.69, 9.17) is 0 Å². The molecule has 0 aliphatic carbocycles. The van der Waals surface area contributed by atoms with E-state index in [1.807, 2.05) is 60.7 Å². The molecule has 29 heavy (non-hydrogen) atoms. The second-order valence-corrected chi connectivity index (χ2v) is 6.35. The first-order valence-electron chi connectivity index (χ1n) is 8.97. The van der Waals surface area contributed by atoms with E-state index in [2.05, 4.69) is 10.4 Å². The smallest absolute Gasteiger partial charge is 0.337 e. The van der Waals surface area contributed by atoms with Gasteiger partial charge in [-0.2, -0.15) is 5.10 Å². The van der Waals surface area contributed by atoms with E-state index in [-0.39, 0.29) is 11.3 Å². The highest BCUT2D eigenvalue weighted by molar-refractivity contribution is 6.07. The van der Waals surface area contributed by atoms with Crippen molar-refractivity contribution in [3.63, 3.8) is 0 Å². The zero-order chi connectivity index (χ0) is 20.2. The van der Waals surface area contributed by atoms with Crippen LogP contribution in [0.3, 0.4) is 0 Å². The quantitative estimate of drug-likeness (QED) is 0.532. The Morgan fingerprint density at radius 2 is 1.52 bits per heavy atom. The van der Waals surface area contributed by atoms with Crippen molar-refractivity contribution in [2.45, 2.75) is 0 Å². The molecule has 0 fully saturated rings. The van der Waals surface area contributed by atoms with Gasteiger partial charge in [-0.1, -0.05) is 54.6 Å². The molecule has 0 saturated heterocycles. The summed E-state index contributed by atoms with van der Waals surface area (Å²) in [6.07, 6.45) is 1.53. The number of para-hydroxylation sites is 1. The van der Waals surface area contributed by atoms with Crippen LogP contribution in [-0.2, 0) is 0 Å². The number of nitrogens with one attached hydrogen (secondary N) is 1. The van der Waals surface area contributed by atoms with Gasteiger partial charge < -0.3 is 10.4 Å².